The lowest BCUT2D eigenvalue weighted by molar-refractivity contribution is 0.302. The molecule has 0 unspecified atom stereocenters. The summed E-state index contributed by atoms with van der Waals surface area (Å²) in [5.41, 5.74) is 3.55. The molecule has 0 fully saturated rings. The molecule has 1 aliphatic carbocycles. The summed E-state index contributed by atoms with van der Waals surface area (Å²) in [5.74, 6) is 0.571. The second-order valence-corrected chi connectivity index (χ2v) is 7.14. The van der Waals surface area contributed by atoms with Gasteiger partial charge in [-0.3, -0.25) is 0 Å². The van der Waals surface area contributed by atoms with Crippen molar-refractivity contribution in [3.63, 3.8) is 0 Å². The Hall–Kier alpha value is -1.55. The number of hydrogen-bond acceptors (Lipinski definition) is 2. The van der Waals surface area contributed by atoms with Gasteiger partial charge in [-0.1, -0.05) is 35.4 Å². The van der Waals surface area contributed by atoms with Crippen molar-refractivity contribution in [2.45, 2.75) is 45.3 Å². The highest BCUT2D eigenvalue weighted by atomic mass is 35.5. The van der Waals surface area contributed by atoms with E-state index in [4.69, 9.17) is 16.3 Å². The molecule has 0 aromatic heterocycles. The molecule has 5 heteroatoms. The molecule has 0 bridgehead atoms. The van der Waals surface area contributed by atoms with Crippen LogP contribution in [0.15, 0.2) is 54.1 Å². The van der Waals surface area contributed by atoms with Gasteiger partial charge in [0.15, 0.2) is 0 Å². The van der Waals surface area contributed by atoms with Gasteiger partial charge in [0, 0.05) is 17.1 Å². The molecule has 0 heterocycles. The van der Waals surface area contributed by atoms with Crippen LogP contribution in [-0.4, -0.2) is 6.54 Å². The molecule has 0 saturated heterocycles. The zero-order valence-corrected chi connectivity index (χ0v) is 16.9. The molecule has 27 heavy (non-hydrogen) atoms. The van der Waals surface area contributed by atoms with Gasteiger partial charge in [0.25, 0.3) is 0 Å². The average molecular weight is 410 g/mol. The molecule has 0 spiro atoms. The Kier molecular flexibility index (Phi) is 9.12. The van der Waals surface area contributed by atoms with Gasteiger partial charge >= 0.3 is 0 Å². The predicted octanol–water partition coefficient (Wildman–Crippen LogP) is 6.46. The zero-order valence-electron chi connectivity index (χ0n) is 15.3. The van der Waals surface area contributed by atoms with Crippen LogP contribution in [0.5, 0.6) is 5.75 Å². The van der Waals surface area contributed by atoms with E-state index in [1.165, 1.54) is 37.8 Å². The maximum Gasteiger partial charge on any atom is 0.124 e. The number of halogens is 3. The Morgan fingerprint density at radius 3 is 2.63 bits per heavy atom. The normalized spacial score (nSPS) is 13.6. The lowest BCUT2D eigenvalue weighted by Crippen LogP contribution is -2.16. The number of rotatable bonds is 8. The van der Waals surface area contributed by atoms with E-state index in [0.717, 1.165) is 29.8 Å². The van der Waals surface area contributed by atoms with Crippen LogP contribution >= 0.6 is 24.0 Å². The summed E-state index contributed by atoms with van der Waals surface area (Å²) in [6, 6.07) is 12.0. The maximum absolute atomic E-state index is 13.0. The molecule has 0 radical (unpaired) electrons. The molecular formula is C22H26Cl2FNO. The summed E-state index contributed by atoms with van der Waals surface area (Å²) in [5, 5.41) is 4.19. The molecule has 0 atom stereocenters. The number of benzene rings is 2. The van der Waals surface area contributed by atoms with Crippen LogP contribution in [0.25, 0.3) is 0 Å². The van der Waals surface area contributed by atoms with Crippen LogP contribution in [0.4, 0.5) is 4.39 Å². The monoisotopic (exact) mass is 409 g/mol. The molecule has 2 aromatic rings. The minimum absolute atomic E-state index is 0. The van der Waals surface area contributed by atoms with Crippen LogP contribution in [0, 0.1) is 5.82 Å². The Morgan fingerprint density at radius 1 is 1.07 bits per heavy atom. The van der Waals surface area contributed by atoms with Crippen LogP contribution < -0.4 is 10.1 Å². The van der Waals surface area contributed by atoms with Crippen molar-refractivity contribution in [1.29, 1.82) is 0 Å². The van der Waals surface area contributed by atoms with Gasteiger partial charge in [0.2, 0.25) is 0 Å². The molecule has 2 aromatic carbocycles. The minimum atomic E-state index is -0.238. The van der Waals surface area contributed by atoms with E-state index < -0.39 is 0 Å². The van der Waals surface area contributed by atoms with Crippen molar-refractivity contribution in [1.82, 2.24) is 5.32 Å². The highest BCUT2D eigenvalue weighted by molar-refractivity contribution is 6.30. The molecule has 146 valence electrons. The fourth-order valence-electron chi connectivity index (χ4n) is 3.17. The molecule has 1 N–H and O–H groups in total. The predicted molar refractivity (Wildman–Crippen MR) is 112 cm³/mol. The molecule has 0 saturated carbocycles. The minimum Gasteiger partial charge on any atom is -0.489 e. The smallest absolute Gasteiger partial charge is 0.124 e. The van der Waals surface area contributed by atoms with Crippen molar-refractivity contribution in [2.75, 3.05) is 6.54 Å². The topological polar surface area (TPSA) is 21.3 Å². The van der Waals surface area contributed by atoms with Gasteiger partial charge in [-0.15, -0.1) is 12.4 Å². The van der Waals surface area contributed by atoms with E-state index in [1.807, 2.05) is 18.2 Å². The van der Waals surface area contributed by atoms with Gasteiger partial charge in [-0.25, -0.2) is 4.39 Å². The van der Waals surface area contributed by atoms with E-state index in [-0.39, 0.29) is 18.2 Å². The van der Waals surface area contributed by atoms with Crippen LogP contribution in [-0.2, 0) is 13.2 Å². The third-order valence-corrected chi connectivity index (χ3v) is 4.89. The van der Waals surface area contributed by atoms with Crippen molar-refractivity contribution < 1.29 is 9.13 Å². The second kappa shape index (κ2) is 11.3. The molecule has 0 aliphatic heterocycles. The SMILES string of the molecule is Cl.Fc1ccc(COc2ccc(Cl)cc2CNCCC2=CCCCC2)cc1. The number of nitrogens with one attached hydrogen (secondary N) is 1. The van der Waals surface area contributed by atoms with Gasteiger partial charge in [0.1, 0.15) is 18.2 Å². The third kappa shape index (κ3) is 7.17. The first-order valence-corrected chi connectivity index (χ1v) is 9.63. The quantitative estimate of drug-likeness (QED) is 0.398. The maximum atomic E-state index is 13.0. The molecule has 1 aliphatic rings. The fourth-order valence-corrected chi connectivity index (χ4v) is 3.37. The lowest BCUT2D eigenvalue weighted by atomic mass is 9.97. The van der Waals surface area contributed by atoms with E-state index in [2.05, 4.69) is 11.4 Å². The standard InChI is InChI=1S/C22H25ClFNO.ClH/c23-20-8-11-22(26-16-18-6-9-21(24)10-7-18)19(14-20)15-25-13-12-17-4-2-1-3-5-17;/h4,6-11,14,25H,1-3,5,12-13,15-16H2;1H. The van der Waals surface area contributed by atoms with Gasteiger partial charge in [-0.05, 0) is 74.5 Å². The second-order valence-electron chi connectivity index (χ2n) is 6.70. The fraction of sp³-hybridized carbons (Fsp3) is 0.364. The molecule has 0 amide bonds. The van der Waals surface area contributed by atoms with Crippen molar-refractivity contribution in [3.8, 4) is 5.75 Å². The van der Waals surface area contributed by atoms with Crippen LogP contribution in [0.3, 0.4) is 0 Å². The average Bonchev–Trinajstić information content (AvgIpc) is 2.67. The first-order chi connectivity index (χ1) is 12.7. The van der Waals surface area contributed by atoms with E-state index in [0.29, 0.717) is 18.2 Å². The Labute approximate surface area is 172 Å². The lowest BCUT2D eigenvalue weighted by Gasteiger charge is -2.15. The van der Waals surface area contributed by atoms with Crippen molar-refractivity contribution in [2.24, 2.45) is 0 Å². The first kappa shape index (κ1) is 21.7. The van der Waals surface area contributed by atoms with Crippen LogP contribution in [0.1, 0.15) is 43.2 Å². The van der Waals surface area contributed by atoms with Gasteiger partial charge in [0.05, 0.1) is 0 Å². The first-order valence-electron chi connectivity index (χ1n) is 9.25. The number of hydrogen-bond donors (Lipinski definition) is 1. The summed E-state index contributed by atoms with van der Waals surface area (Å²) in [6.45, 7) is 2.07. The van der Waals surface area contributed by atoms with E-state index in [1.54, 1.807) is 17.7 Å². The molecular weight excluding hydrogens is 384 g/mol. The summed E-state index contributed by atoms with van der Waals surface area (Å²) in [7, 11) is 0. The number of ether oxygens (including phenoxy) is 1. The summed E-state index contributed by atoms with van der Waals surface area (Å²) in [6.07, 6.45) is 8.61. The Bertz CT molecular complexity index is 746. The third-order valence-electron chi connectivity index (χ3n) is 4.65. The van der Waals surface area contributed by atoms with Crippen molar-refractivity contribution in [3.05, 3.63) is 76.1 Å². The van der Waals surface area contributed by atoms with Gasteiger partial charge < -0.3 is 10.1 Å². The highest BCUT2D eigenvalue weighted by Gasteiger charge is 2.07. The number of allylic oxidation sites excluding steroid dienone is 1. The zero-order chi connectivity index (χ0) is 18.2. The van der Waals surface area contributed by atoms with Crippen molar-refractivity contribution >= 4 is 24.0 Å². The highest BCUT2D eigenvalue weighted by Crippen LogP contribution is 2.24. The van der Waals surface area contributed by atoms with Crippen LogP contribution in [0.2, 0.25) is 5.02 Å². The molecule has 3 rings (SSSR count). The van der Waals surface area contributed by atoms with E-state index in [9.17, 15) is 4.39 Å². The summed E-state index contributed by atoms with van der Waals surface area (Å²) in [4.78, 5) is 0. The summed E-state index contributed by atoms with van der Waals surface area (Å²) >= 11 is 6.15. The Morgan fingerprint density at radius 2 is 1.89 bits per heavy atom. The Balaban J connectivity index is 0.00000261. The molecule has 2 nitrogen and oxygen atoms in total. The summed E-state index contributed by atoms with van der Waals surface area (Å²) < 4.78 is 18.9. The largest absolute Gasteiger partial charge is 0.489 e. The van der Waals surface area contributed by atoms with Gasteiger partial charge in [-0.2, -0.15) is 0 Å². The van der Waals surface area contributed by atoms with E-state index >= 15 is 0 Å².